The topological polar surface area (TPSA) is 150 Å². The first-order chi connectivity index (χ1) is 9.86. The van der Waals surface area contributed by atoms with Crippen LogP contribution in [0.15, 0.2) is 0 Å². The molecule has 0 amide bonds. The Labute approximate surface area is 121 Å². The molecule has 2 unspecified atom stereocenters. The predicted molar refractivity (Wildman–Crippen MR) is 67.0 cm³/mol. The largest absolute Gasteiger partial charge is 0.481 e. The van der Waals surface area contributed by atoms with Crippen molar-refractivity contribution >= 4 is 11.9 Å². The highest BCUT2D eigenvalue weighted by molar-refractivity contribution is 5.76. The summed E-state index contributed by atoms with van der Waals surface area (Å²) in [5, 5.41) is 39.4. The van der Waals surface area contributed by atoms with E-state index in [9.17, 15) is 24.9 Å². The van der Waals surface area contributed by atoms with Gasteiger partial charge in [0.15, 0.2) is 6.04 Å². The third-order valence-corrected chi connectivity index (χ3v) is 3.36. The molecule has 6 N–H and O–H groups in total. The molecule has 1 aliphatic rings. The van der Waals surface area contributed by atoms with Gasteiger partial charge in [-0.3, -0.25) is 9.59 Å². The van der Waals surface area contributed by atoms with E-state index in [1.807, 2.05) is 0 Å². The number of carbonyl (C=O) groups excluding carboxylic acids is 1. The summed E-state index contributed by atoms with van der Waals surface area (Å²) in [4.78, 5) is 21.5. The normalized spacial score (nSPS) is 32.7. The molecule has 1 heterocycles. The number of aliphatic hydroxyl groups excluding tert-OH is 3. The van der Waals surface area contributed by atoms with Crippen LogP contribution < -0.4 is 5.32 Å². The maximum Gasteiger partial charge on any atom is 0.306 e. The van der Waals surface area contributed by atoms with E-state index < -0.39 is 42.6 Å². The van der Waals surface area contributed by atoms with Gasteiger partial charge < -0.3 is 35.2 Å². The van der Waals surface area contributed by atoms with Gasteiger partial charge in [-0.15, -0.1) is 0 Å². The van der Waals surface area contributed by atoms with Gasteiger partial charge in [-0.05, 0) is 0 Å². The second-order valence-corrected chi connectivity index (χ2v) is 4.86. The Morgan fingerprint density at radius 1 is 1.19 bits per heavy atom. The zero-order valence-electron chi connectivity index (χ0n) is 11.7. The smallest absolute Gasteiger partial charge is 0.306 e. The first-order valence-electron chi connectivity index (χ1n) is 6.73. The molecule has 9 heteroatoms. The molecule has 0 radical (unpaired) electrons. The second kappa shape index (κ2) is 8.25. The van der Waals surface area contributed by atoms with Crippen LogP contribution in [0, 0.1) is 0 Å². The summed E-state index contributed by atoms with van der Waals surface area (Å²) in [6.45, 7) is -0.0971. The number of hydrogen-bond donors (Lipinski definition) is 5. The molecule has 1 fully saturated rings. The highest BCUT2D eigenvalue weighted by atomic mass is 16.6. The van der Waals surface area contributed by atoms with Crippen molar-refractivity contribution in [2.75, 3.05) is 13.7 Å². The van der Waals surface area contributed by atoms with E-state index in [2.05, 4.69) is 0 Å². The molecule has 0 aliphatic carbocycles. The monoisotopic (exact) mass is 308 g/mol. The zero-order chi connectivity index (χ0) is 16.0. The minimum absolute atomic E-state index is 0.0878. The lowest BCUT2D eigenvalue weighted by Gasteiger charge is -2.38. The quantitative estimate of drug-likeness (QED) is 0.308. The number of aliphatic carboxylic acids is 1. The van der Waals surface area contributed by atoms with E-state index in [0.29, 0.717) is 0 Å². The number of carboxylic acids is 1. The lowest BCUT2D eigenvalue weighted by atomic mass is 9.95. The summed E-state index contributed by atoms with van der Waals surface area (Å²) >= 11 is 0. The summed E-state index contributed by atoms with van der Waals surface area (Å²) < 4.78 is 9.98. The van der Waals surface area contributed by atoms with Crippen LogP contribution in [-0.2, 0) is 19.1 Å². The van der Waals surface area contributed by atoms with Gasteiger partial charge in [0.1, 0.15) is 12.2 Å². The maximum absolute atomic E-state index is 11.2. The molecule has 1 aliphatic heterocycles. The van der Waals surface area contributed by atoms with E-state index in [0.717, 1.165) is 0 Å². The van der Waals surface area contributed by atoms with Crippen LogP contribution in [0.4, 0.5) is 0 Å². The fourth-order valence-corrected chi connectivity index (χ4v) is 2.14. The predicted octanol–water partition coefficient (Wildman–Crippen LogP) is -3.21. The molecule has 0 saturated carbocycles. The molecule has 1 rings (SSSR count). The number of rotatable bonds is 7. The number of nitrogens with two attached hydrogens (primary N) is 1. The lowest BCUT2D eigenvalue weighted by molar-refractivity contribution is -0.694. The fraction of sp³-hybridized carbons (Fsp3) is 0.833. The van der Waals surface area contributed by atoms with Gasteiger partial charge in [-0.1, -0.05) is 0 Å². The van der Waals surface area contributed by atoms with Crippen molar-refractivity contribution in [1.82, 2.24) is 0 Å². The Kier molecular flexibility index (Phi) is 6.99. The first kappa shape index (κ1) is 17.8. The van der Waals surface area contributed by atoms with E-state index >= 15 is 0 Å². The van der Waals surface area contributed by atoms with E-state index in [1.165, 1.54) is 0 Å². The number of quaternary nitrogens is 1. The molecule has 21 heavy (non-hydrogen) atoms. The minimum atomic E-state index is -1.24. The van der Waals surface area contributed by atoms with Crippen LogP contribution in [0.3, 0.4) is 0 Å². The fourth-order valence-electron chi connectivity index (χ4n) is 2.14. The van der Waals surface area contributed by atoms with E-state index in [1.54, 1.807) is 12.4 Å². The number of likely N-dealkylation sites (N-methyl/N-ethyl adjacent to an activating group) is 1. The van der Waals surface area contributed by atoms with Crippen molar-refractivity contribution in [1.29, 1.82) is 0 Å². The SMILES string of the molecule is C[NH2+]C1[C@H](O)OC(CCOC(=O)CCC(=O)O)[C@H](O)[C@@H]1O. The molecular weight excluding hydrogens is 286 g/mol. The van der Waals surface area contributed by atoms with Gasteiger partial charge in [0.25, 0.3) is 0 Å². The van der Waals surface area contributed by atoms with Gasteiger partial charge in [-0.2, -0.15) is 0 Å². The summed E-state index contributed by atoms with van der Waals surface area (Å²) in [7, 11) is 1.64. The number of esters is 1. The van der Waals surface area contributed by atoms with Crippen LogP contribution in [0.2, 0.25) is 0 Å². The summed E-state index contributed by atoms with van der Waals surface area (Å²) in [6.07, 6.45) is -4.92. The Morgan fingerprint density at radius 2 is 1.86 bits per heavy atom. The molecule has 9 nitrogen and oxygen atoms in total. The van der Waals surface area contributed by atoms with Crippen molar-refractivity contribution in [3.05, 3.63) is 0 Å². The summed E-state index contributed by atoms with van der Waals surface area (Å²) in [5.74, 6) is -1.75. The minimum Gasteiger partial charge on any atom is -0.481 e. The van der Waals surface area contributed by atoms with E-state index in [-0.39, 0.29) is 25.9 Å². The van der Waals surface area contributed by atoms with Crippen LogP contribution in [0.5, 0.6) is 0 Å². The zero-order valence-corrected chi connectivity index (χ0v) is 11.7. The highest BCUT2D eigenvalue weighted by Gasteiger charge is 2.45. The third-order valence-electron chi connectivity index (χ3n) is 3.36. The van der Waals surface area contributed by atoms with E-state index in [4.69, 9.17) is 14.6 Å². The molecule has 1 saturated heterocycles. The van der Waals surface area contributed by atoms with Crippen molar-refractivity contribution in [3.8, 4) is 0 Å². The lowest BCUT2D eigenvalue weighted by Crippen LogP contribution is -2.94. The van der Waals surface area contributed by atoms with Crippen molar-refractivity contribution in [3.63, 3.8) is 0 Å². The molecule has 122 valence electrons. The van der Waals surface area contributed by atoms with Gasteiger partial charge >= 0.3 is 11.9 Å². The molecule has 0 aromatic carbocycles. The van der Waals surface area contributed by atoms with Gasteiger partial charge in [0, 0.05) is 6.42 Å². The Balaban J connectivity index is 2.35. The first-order valence-corrected chi connectivity index (χ1v) is 6.73. The van der Waals surface area contributed by atoms with Gasteiger partial charge in [0.05, 0.1) is 32.6 Å². The second-order valence-electron chi connectivity index (χ2n) is 4.86. The Morgan fingerprint density at radius 3 is 2.43 bits per heavy atom. The van der Waals surface area contributed by atoms with Crippen molar-refractivity contribution < 1.29 is 44.8 Å². The number of aliphatic hydroxyl groups is 3. The Hall–Kier alpha value is -1.26. The molecule has 0 bridgehead atoms. The van der Waals surface area contributed by atoms with Gasteiger partial charge in [-0.25, -0.2) is 0 Å². The van der Waals surface area contributed by atoms with Gasteiger partial charge in [0.2, 0.25) is 6.29 Å². The molecular formula is C12H22NO8+. The van der Waals surface area contributed by atoms with Crippen LogP contribution >= 0.6 is 0 Å². The number of carbonyl (C=O) groups is 2. The number of carboxylic acid groups (broad SMARTS) is 1. The molecule has 0 aromatic rings. The average Bonchev–Trinajstić information content (AvgIpc) is 2.42. The number of hydrogen-bond acceptors (Lipinski definition) is 7. The van der Waals surface area contributed by atoms with Crippen LogP contribution in [0.1, 0.15) is 19.3 Å². The molecule has 0 spiro atoms. The maximum atomic E-state index is 11.2. The average molecular weight is 308 g/mol. The highest BCUT2D eigenvalue weighted by Crippen LogP contribution is 2.20. The van der Waals surface area contributed by atoms with Crippen LogP contribution in [0.25, 0.3) is 0 Å². The molecule has 0 aromatic heterocycles. The summed E-state index contributed by atoms with van der Waals surface area (Å²) in [5.41, 5.74) is 0. The third kappa shape index (κ3) is 5.21. The van der Waals surface area contributed by atoms with Crippen molar-refractivity contribution in [2.24, 2.45) is 0 Å². The Bertz CT molecular complexity index is 363. The molecule has 5 atom stereocenters. The summed E-state index contributed by atoms with van der Waals surface area (Å²) in [6, 6.07) is -0.686. The number of ether oxygens (including phenoxy) is 2. The van der Waals surface area contributed by atoms with Crippen molar-refractivity contribution in [2.45, 2.75) is 49.9 Å². The van der Waals surface area contributed by atoms with Crippen LogP contribution in [-0.4, -0.2) is 76.7 Å². The standard InChI is InChI=1S/C12H21NO8/c1-13-9-11(18)10(17)6(21-12(9)19)4-5-20-8(16)3-2-7(14)15/h6,9-13,17-19H,2-5H2,1H3,(H,14,15)/p+1/t6?,9?,10-,11+,12+/m0/s1.